The molecule has 1 aliphatic heterocycles. The minimum atomic E-state index is -0.567. The zero-order valence-corrected chi connectivity index (χ0v) is 15.1. The van der Waals surface area contributed by atoms with Crippen molar-refractivity contribution in [3.63, 3.8) is 0 Å². The van der Waals surface area contributed by atoms with Crippen LogP contribution >= 0.6 is 11.6 Å². The molecule has 24 heavy (non-hydrogen) atoms. The van der Waals surface area contributed by atoms with Gasteiger partial charge in [-0.15, -0.1) is 0 Å². The number of aliphatic hydroxyl groups is 1. The summed E-state index contributed by atoms with van der Waals surface area (Å²) in [6.07, 6.45) is 7.68. The predicted octanol–water partition coefficient (Wildman–Crippen LogP) is 4.62. The van der Waals surface area contributed by atoms with E-state index in [1.807, 2.05) is 13.8 Å². The molecule has 0 bridgehead atoms. The number of hydrogen-bond acceptors (Lipinski definition) is 5. The quantitative estimate of drug-likeness (QED) is 0.326. The van der Waals surface area contributed by atoms with Gasteiger partial charge in [-0.2, -0.15) is 0 Å². The molecule has 0 aromatic heterocycles. The monoisotopic (exact) mass is 355 g/mol. The van der Waals surface area contributed by atoms with Gasteiger partial charge >= 0.3 is 5.97 Å². The van der Waals surface area contributed by atoms with Gasteiger partial charge in [0, 0.05) is 5.54 Å². The number of oxime groups is 1. The Bertz CT molecular complexity index is 547. The van der Waals surface area contributed by atoms with Crippen LogP contribution in [0.3, 0.4) is 0 Å². The third-order valence-electron chi connectivity index (χ3n) is 4.87. The summed E-state index contributed by atoms with van der Waals surface area (Å²) in [4.78, 5) is 17.8. The molecule has 2 aliphatic rings. The number of carbonyl (C=O) groups excluding carboxylic acids is 1. The van der Waals surface area contributed by atoms with Crippen LogP contribution in [-0.2, 0) is 14.4 Å². The van der Waals surface area contributed by atoms with Gasteiger partial charge in [0.2, 0.25) is 0 Å². The molecule has 0 radical (unpaired) electrons. The fourth-order valence-electron chi connectivity index (χ4n) is 3.49. The van der Waals surface area contributed by atoms with E-state index in [9.17, 15) is 9.90 Å². The van der Waals surface area contributed by atoms with Crippen LogP contribution in [-0.4, -0.2) is 29.0 Å². The van der Waals surface area contributed by atoms with E-state index in [0.29, 0.717) is 12.1 Å². The van der Waals surface area contributed by atoms with Gasteiger partial charge in [-0.05, 0) is 38.2 Å². The Kier molecular flexibility index (Phi) is 6.72. The topological polar surface area (TPSA) is 68.1 Å². The Morgan fingerprint density at radius 2 is 2.17 bits per heavy atom. The molecule has 0 saturated heterocycles. The van der Waals surface area contributed by atoms with E-state index in [2.05, 4.69) is 5.16 Å². The van der Waals surface area contributed by atoms with Crippen molar-refractivity contribution in [1.29, 1.82) is 0 Å². The first kappa shape index (κ1) is 18.8. The average molecular weight is 356 g/mol. The summed E-state index contributed by atoms with van der Waals surface area (Å²) in [5.74, 6) is -0.636. The second-order valence-electron chi connectivity index (χ2n) is 6.44. The van der Waals surface area contributed by atoms with Crippen molar-refractivity contribution in [2.45, 2.75) is 64.4 Å². The first-order valence-electron chi connectivity index (χ1n) is 8.66. The lowest BCUT2D eigenvalue weighted by Gasteiger charge is -2.44. The van der Waals surface area contributed by atoms with Gasteiger partial charge in [0.15, 0.2) is 0 Å². The van der Waals surface area contributed by atoms with Crippen molar-refractivity contribution in [3.8, 4) is 0 Å². The standard InChI is InChI=1S/C18H26ClNO4/c1-3-8-14(20-23-12-7-11-19)15-16(21)13(2)18(24-17(15)22)9-5-4-6-10-18/h7,11,13,21H,3-6,8-10,12H2,1-2H3. The van der Waals surface area contributed by atoms with Gasteiger partial charge in [-0.1, -0.05) is 43.4 Å². The molecule has 1 unspecified atom stereocenters. The Morgan fingerprint density at radius 1 is 1.46 bits per heavy atom. The second kappa shape index (κ2) is 8.56. The van der Waals surface area contributed by atoms with E-state index in [-0.39, 0.29) is 23.9 Å². The maximum atomic E-state index is 12.6. The minimum Gasteiger partial charge on any atom is -0.511 e. The summed E-state index contributed by atoms with van der Waals surface area (Å²) in [6.45, 7) is 4.11. The highest BCUT2D eigenvalue weighted by molar-refractivity contribution is 6.25. The SMILES string of the molecule is CCCC(=NOCC=CCl)C1=C(O)C(C)C2(CCCCC2)OC1=O. The molecule has 1 fully saturated rings. The molecular weight excluding hydrogens is 330 g/mol. The van der Waals surface area contributed by atoms with E-state index in [0.717, 1.165) is 38.5 Å². The molecular formula is C18H26ClNO4. The van der Waals surface area contributed by atoms with Crippen molar-refractivity contribution in [1.82, 2.24) is 0 Å². The number of hydrogen-bond donors (Lipinski definition) is 1. The van der Waals surface area contributed by atoms with Crippen LogP contribution in [0.25, 0.3) is 0 Å². The number of aliphatic hydroxyl groups excluding tert-OH is 1. The zero-order valence-electron chi connectivity index (χ0n) is 14.4. The number of rotatable bonds is 6. The number of nitrogens with zero attached hydrogens (tertiary/aromatic N) is 1. The first-order chi connectivity index (χ1) is 11.6. The van der Waals surface area contributed by atoms with Crippen LogP contribution in [0.4, 0.5) is 0 Å². The third kappa shape index (κ3) is 3.94. The summed E-state index contributed by atoms with van der Waals surface area (Å²) in [6, 6.07) is 0. The Balaban J connectivity index is 2.29. The molecule has 0 aromatic rings. The summed E-state index contributed by atoms with van der Waals surface area (Å²) in [7, 11) is 0. The molecule has 5 nitrogen and oxygen atoms in total. The highest BCUT2D eigenvalue weighted by atomic mass is 35.5. The van der Waals surface area contributed by atoms with E-state index >= 15 is 0 Å². The highest BCUT2D eigenvalue weighted by Gasteiger charge is 2.49. The zero-order chi connectivity index (χ0) is 17.6. The largest absolute Gasteiger partial charge is 0.511 e. The van der Waals surface area contributed by atoms with Crippen molar-refractivity contribution < 1.29 is 19.5 Å². The number of carbonyl (C=O) groups is 1. The molecule has 1 aliphatic carbocycles. The van der Waals surface area contributed by atoms with Crippen molar-refractivity contribution >= 4 is 23.3 Å². The van der Waals surface area contributed by atoms with Gasteiger partial charge in [0.1, 0.15) is 23.5 Å². The highest BCUT2D eigenvalue weighted by Crippen LogP contribution is 2.44. The van der Waals surface area contributed by atoms with E-state index in [1.165, 1.54) is 5.54 Å². The minimum absolute atomic E-state index is 0.0804. The van der Waals surface area contributed by atoms with E-state index in [1.54, 1.807) is 6.08 Å². The van der Waals surface area contributed by atoms with Gasteiger partial charge in [0.25, 0.3) is 0 Å². The lowest BCUT2D eigenvalue weighted by Crippen LogP contribution is -2.48. The maximum Gasteiger partial charge on any atom is 0.344 e. The van der Waals surface area contributed by atoms with Crippen molar-refractivity contribution in [2.75, 3.05) is 6.61 Å². The normalized spacial score (nSPS) is 24.5. The van der Waals surface area contributed by atoms with Gasteiger partial charge in [-0.25, -0.2) is 4.79 Å². The molecule has 1 spiro atoms. The van der Waals surface area contributed by atoms with Crippen LogP contribution in [0.15, 0.2) is 28.1 Å². The molecule has 2 rings (SSSR count). The van der Waals surface area contributed by atoms with E-state index < -0.39 is 11.6 Å². The van der Waals surface area contributed by atoms with Gasteiger partial charge in [-0.3, -0.25) is 0 Å². The molecule has 134 valence electrons. The third-order valence-corrected chi connectivity index (χ3v) is 5.04. The molecule has 1 atom stereocenters. The van der Waals surface area contributed by atoms with Crippen LogP contribution in [0.2, 0.25) is 0 Å². The van der Waals surface area contributed by atoms with Crippen LogP contribution in [0, 0.1) is 5.92 Å². The molecule has 1 N–H and O–H groups in total. The Morgan fingerprint density at radius 3 is 2.79 bits per heavy atom. The molecule has 1 heterocycles. The molecule has 1 saturated carbocycles. The van der Waals surface area contributed by atoms with Gasteiger partial charge in [0.05, 0.1) is 11.6 Å². The number of halogens is 1. The maximum absolute atomic E-state index is 12.6. The lowest BCUT2D eigenvalue weighted by molar-refractivity contribution is -0.169. The number of ether oxygens (including phenoxy) is 1. The Labute approximate surface area is 148 Å². The van der Waals surface area contributed by atoms with Crippen LogP contribution in [0.1, 0.15) is 58.8 Å². The smallest absolute Gasteiger partial charge is 0.344 e. The second-order valence-corrected chi connectivity index (χ2v) is 6.69. The van der Waals surface area contributed by atoms with Crippen molar-refractivity contribution in [3.05, 3.63) is 22.9 Å². The summed E-state index contributed by atoms with van der Waals surface area (Å²) >= 11 is 5.44. The summed E-state index contributed by atoms with van der Waals surface area (Å²) in [5, 5.41) is 14.8. The van der Waals surface area contributed by atoms with Crippen LogP contribution < -0.4 is 0 Å². The molecule has 0 amide bonds. The Hall–Kier alpha value is -1.49. The summed E-state index contributed by atoms with van der Waals surface area (Å²) < 4.78 is 5.84. The molecule has 0 aromatic carbocycles. The van der Waals surface area contributed by atoms with Gasteiger partial charge < -0.3 is 14.7 Å². The fourth-order valence-corrected chi connectivity index (χ4v) is 3.57. The van der Waals surface area contributed by atoms with E-state index in [4.69, 9.17) is 21.2 Å². The fraction of sp³-hybridized carbons (Fsp3) is 0.667. The average Bonchev–Trinajstić information content (AvgIpc) is 2.57. The van der Waals surface area contributed by atoms with Crippen molar-refractivity contribution in [2.24, 2.45) is 11.1 Å². The molecule has 6 heteroatoms. The number of esters is 1. The summed E-state index contributed by atoms with van der Waals surface area (Å²) in [5.41, 5.74) is 1.37. The van der Waals surface area contributed by atoms with Crippen LogP contribution in [0.5, 0.6) is 0 Å². The predicted molar refractivity (Wildman–Crippen MR) is 94.0 cm³/mol. The lowest BCUT2D eigenvalue weighted by atomic mass is 9.73. The first-order valence-corrected chi connectivity index (χ1v) is 9.10.